The zero-order chi connectivity index (χ0) is 19.1. The van der Waals surface area contributed by atoms with Gasteiger partial charge in [-0.2, -0.15) is 0 Å². The predicted octanol–water partition coefficient (Wildman–Crippen LogP) is 0.903. The molecule has 0 spiro atoms. The van der Waals surface area contributed by atoms with E-state index in [1.54, 1.807) is 4.68 Å². The zero-order valence-electron chi connectivity index (χ0n) is 15.5. The van der Waals surface area contributed by atoms with Crippen molar-refractivity contribution < 1.29 is 9.53 Å². The maximum atomic E-state index is 12.8. The Labute approximate surface area is 161 Å². The molecule has 2 fully saturated rings. The molecule has 2 aliphatic rings. The van der Waals surface area contributed by atoms with Crippen molar-refractivity contribution >= 4 is 5.91 Å². The van der Waals surface area contributed by atoms with E-state index in [9.17, 15) is 4.79 Å². The summed E-state index contributed by atoms with van der Waals surface area (Å²) >= 11 is 0. The Bertz CT molecular complexity index is 971. The van der Waals surface area contributed by atoms with E-state index in [1.165, 1.54) is 6.33 Å². The highest BCUT2D eigenvalue weighted by atomic mass is 16.5. The molecule has 10 heteroatoms. The fourth-order valence-electron chi connectivity index (χ4n) is 3.58. The average molecular weight is 380 g/mol. The molecule has 0 unspecified atom stereocenters. The summed E-state index contributed by atoms with van der Waals surface area (Å²) in [6.07, 6.45) is 5.01. The Morgan fingerprint density at radius 1 is 1.21 bits per heavy atom. The van der Waals surface area contributed by atoms with Crippen LogP contribution in [0.1, 0.15) is 25.8 Å². The minimum absolute atomic E-state index is 0.0860. The molecule has 1 aliphatic carbocycles. The number of benzene rings is 1. The lowest BCUT2D eigenvalue weighted by molar-refractivity contribution is -0.142. The number of nitrogens with zero attached hydrogens (tertiary/aromatic N) is 8. The minimum Gasteiger partial charge on any atom is -0.494 e. The second-order valence-electron chi connectivity index (χ2n) is 7.19. The van der Waals surface area contributed by atoms with Crippen LogP contribution in [-0.4, -0.2) is 65.7 Å². The molecule has 1 saturated carbocycles. The number of amides is 1. The first-order valence-corrected chi connectivity index (χ1v) is 9.37. The van der Waals surface area contributed by atoms with Gasteiger partial charge in [0.1, 0.15) is 23.3 Å². The second-order valence-corrected chi connectivity index (χ2v) is 7.19. The van der Waals surface area contributed by atoms with E-state index in [1.807, 2.05) is 47.0 Å². The molecule has 5 rings (SSSR count). The highest BCUT2D eigenvalue weighted by molar-refractivity contribution is 5.87. The van der Waals surface area contributed by atoms with Gasteiger partial charge in [0.2, 0.25) is 0 Å². The number of rotatable bonds is 6. The van der Waals surface area contributed by atoms with Gasteiger partial charge in [-0.05, 0) is 54.5 Å². The summed E-state index contributed by atoms with van der Waals surface area (Å²) < 4.78 is 8.89. The number of hydrogen-bond donors (Lipinski definition) is 0. The normalized spacial score (nSPS) is 18.0. The molecule has 0 radical (unpaired) electrons. The van der Waals surface area contributed by atoms with E-state index in [2.05, 4.69) is 25.8 Å². The summed E-state index contributed by atoms with van der Waals surface area (Å²) in [6.45, 7) is 3.84. The lowest BCUT2D eigenvalue weighted by Gasteiger charge is -2.40. The highest BCUT2D eigenvalue weighted by Crippen LogP contribution is 2.45. The highest BCUT2D eigenvalue weighted by Gasteiger charge is 2.56. The Morgan fingerprint density at radius 2 is 2.00 bits per heavy atom. The van der Waals surface area contributed by atoms with Crippen LogP contribution in [0.3, 0.4) is 0 Å². The molecule has 1 aromatic carbocycles. The predicted molar refractivity (Wildman–Crippen MR) is 97.3 cm³/mol. The van der Waals surface area contributed by atoms with E-state index in [0.717, 1.165) is 29.8 Å². The molecule has 1 aliphatic heterocycles. The Kier molecular flexibility index (Phi) is 3.85. The topological polar surface area (TPSA) is 104 Å². The van der Waals surface area contributed by atoms with Gasteiger partial charge in [0.15, 0.2) is 0 Å². The van der Waals surface area contributed by atoms with Crippen molar-refractivity contribution in [2.75, 3.05) is 19.7 Å². The summed E-state index contributed by atoms with van der Waals surface area (Å²) in [5.74, 6) is 0.922. The first kappa shape index (κ1) is 16.8. The van der Waals surface area contributed by atoms with Gasteiger partial charge in [-0.25, -0.2) is 9.36 Å². The molecule has 144 valence electrons. The second kappa shape index (κ2) is 6.39. The van der Waals surface area contributed by atoms with Crippen LogP contribution in [0.2, 0.25) is 0 Å². The van der Waals surface area contributed by atoms with Crippen LogP contribution >= 0.6 is 0 Å². The minimum atomic E-state index is -0.579. The van der Waals surface area contributed by atoms with E-state index in [-0.39, 0.29) is 11.9 Å². The Hall–Kier alpha value is -3.30. The van der Waals surface area contributed by atoms with Crippen molar-refractivity contribution in [2.45, 2.75) is 31.3 Å². The van der Waals surface area contributed by atoms with Gasteiger partial charge in [-0.1, -0.05) is 5.21 Å². The third-order valence-corrected chi connectivity index (χ3v) is 5.40. The van der Waals surface area contributed by atoms with Crippen LogP contribution in [0.5, 0.6) is 5.75 Å². The SMILES string of the molecule is CCOc1ccc(-c2cn(C3CN(C(=O)C4(n5cnnn5)CC4)C3)nn2)cc1. The molecule has 3 heterocycles. The van der Waals surface area contributed by atoms with Crippen molar-refractivity contribution in [1.29, 1.82) is 0 Å². The molecule has 0 N–H and O–H groups in total. The lowest BCUT2D eigenvalue weighted by atomic mass is 10.1. The quantitative estimate of drug-likeness (QED) is 0.626. The largest absolute Gasteiger partial charge is 0.494 e. The third kappa shape index (κ3) is 2.72. The van der Waals surface area contributed by atoms with Gasteiger partial charge in [0.25, 0.3) is 5.91 Å². The number of tetrazole rings is 1. The van der Waals surface area contributed by atoms with Gasteiger partial charge in [-0.3, -0.25) is 4.79 Å². The van der Waals surface area contributed by atoms with Crippen LogP contribution in [0.4, 0.5) is 0 Å². The molecule has 10 nitrogen and oxygen atoms in total. The molecule has 0 atom stereocenters. The summed E-state index contributed by atoms with van der Waals surface area (Å²) in [5.41, 5.74) is 1.21. The average Bonchev–Trinajstić information content (AvgIpc) is 3.07. The molecule has 3 aromatic rings. The number of carbonyl (C=O) groups is 1. The van der Waals surface area contributed by atoms with Gasteiger partial charge in [0, 0.05) is 18.7 Å². The summed E-state index contributed by atoms with van der Waals surface area (Å²) in [4.78, 5) is 14.7. The van der Waals surface area contributed by atoms with Crippen molar-refractivity contribution in [3.8, 4) is 17.0 Å². The summed E-state index contributed by atoms with van der Waals surface area (Å²) in [7, 11) is 0. The fraction of sp³-hybridized carbons (Fsp3) is 0.444. The van der Waals surface area contributed by atoms with Gasteiger partial charge >= 0.3 is 0 Å². The van der Waals surface area contributed by atoms with Crippen molar-refractivity contribution in [2.24, 2.45) is 0 Å². The molecule has 28 heavy (non-hydrogen) atoms. The number of aromatic nitrogens is 7. The van der Waals surface area contributed by atoms with Crippen molar-refractivity contribution in [3.63, 3.8) is 0 Å². The molecular weight excluding hydrogens is 360 g/mol. The molecule has 2 aromatic heterocycles. The molecule has 0 bridgehead atoms. The maximum Gasteiger partial charge on any atom is 0.250 e. The maximum absolute atomic E-state index is 12.8. The van der Waals surface area contributed by atoms with Crippen LogP contribution in [-0.2, 0) is 10.3 Å². The lowest BCUT2D eigenvalue weighted by Crippen LogP contribution is -2.55. The Morgan fingerprint density at radius 3 is 2.64 bits per heavy atom. The van der Waals surface area contributed by atoms with E-state index >= 15 is 0 Å². The monoisotopic (exact) mass is 380 g/mol. The molecular formula is C18H20N8O2. The van der Waals surface area contributed by atoms with E-state index < -0.39 is 5.54 Å². The third-order valence-electron chi connectivity index (χ3n) is 5.40. The number of ether oxygens (including phenoxy) is 1. The first-order valence-electron chi connectivity index (χ1n) is 9.37. The van der Waals surface area contributed by atoms with Crippen molar-refractivity contribution in [1.82, 2.24) is 40.1 Å². The first-order chi connectivity index (χ1) is 13.7. The number of likely N-dealkylation sites (tertiary alicyclic amines) is 1. The van der Waals surface area contributed by atoms with Crippen LogP contribution < -0.4 is 4.74 Å². The standard InChI is InChI=1S/C18H20N8O2/c1-2-28-15-5-3-13(4-6-15)16-11-25(22-20-16)14-9-24(10-14)17(27)18(7-8-18)26-12-19-21-23-26/h3-6,11-12,14H,2,7-10H2,1H3. The van der Waals surface area contributed by atoms with Crippen LogP contribution in [0.25, 0.3) is 11.3 Å². The van der Waals surface area contributed by atoms with Crippen molar-refractivity contribution in [3.05, 3.63) is 36.8 Å². The number of hydrogen-bond acceptors (Lipinski definition) is 7. The zero-order valence-corrected chi connectivity index (χ0v) is 15.5. The van der Waals surface area contributed by atoms with E-state index in [4.69, 9.17) is 4.74 Å². The van der Waals surface area contributed by atoms with Crippen LogP contribution in [0, 0.1) is 0 Å². The van der Waals surface area contributed by atoms with Gasteiger partial charge in [0.05, 0.1) is 18.8 Å². The smallest absolute Gasteiger partial charge is 0.250 e. The van der Waals surface area contributed by atoms with Gasteiger partial charge < -0.3 is 9.64 Å². The van der Waals surface area contributed by atoms with Gasteiger partial charge in [-0.15, -0.1) is 10.2 Å². The van der Waals surface area contributed by atoms with E-state index in [0.29, 0.717) is 19.7 Å². The van der Waals surface area contributed by atoms with Crippen LogP contribution in [0.15, 0.2) is 36.8 Å². The Balaban J connectivity index is 1.23. The molecule has 1 amide bonds. The fourth-order valence-corrected chi connectivity index (χ4v) is 3.58. The molecule has 1 saturated heterocycles. The number of carbonyl (C=O) groups excluding carboxylic acids is 1. The summed E-state index contributed by atoms with van der Waals surface area (Å²) in [6, 6.07) is 7.93. The summed E-state index contributed by atoms with van der Waals surface area (Å²) in [5, 5.41) is 19.8.